The normalized spacial score (nSPS) is 21.4. The van der Waals surface area contributed by atoms with Crippen molar-refractivity contribution in [3.05, 3.63) is 24.3 Å². The highest BCUT2D eigenvalue weighted by molar-refractivity contribution is 7.90. The van der Waals surface area contributed by atoms with Crippen LogP contribution in [0.1, 0.15) is 66.3 Å². The molecule has 1 heterocycles. The zero-order chi connectivity index (χ0) is 20.5. The molecule has 0 amide bonds. The number of benzene rings is 1. The zero-order valence-corrected chi connectivity index (χ0v) is 18.5. The van der Waals surface area contributed by atoms with Gasteiger partial charge in [0.25, 0.3) is 0 Å². The lowest BCUT2D eigenvalue weighted by molar-refractivity contribution is 0.335. The Kier molecular flexibility index (Phi) is 6.05. The van der Waals surface area contributed by atoms with Gasteiger partial charge in [0.2, 0.25) is 16.0 Å². The summed E-state index contributed by atoms with van der Waals surface area (Å²) in [5.74, 6) is 1.34. The van der Waals surface area contributed by atoms with E-state index >= 15 is 0 Å². The van der Waals surface area contributed by atoms with E-state index in [1.165, 1.54) is 0 Å². The minimum Gasteiger partial charge on any atom is -0.353 e. The van der Waals surface area contributed by atoms with Crippen molar-refractivity contribution >= 4 is 27.0 Å². The van der Waals surface area contributed by atoms with Crippen LogP contribution in [0, 0.1) is 5.92 Å². The molecule has 1 aromatic carbocycles. The molecule has 6 nitrogen and oxygen atoms in total. The van der Waals surface area contributed by atoms with Gasteiger partial charge in [0.1, 0.15) is 0 Å². The Labute approximate surface area is 169 Å². The molecule has 0 atom stereocenters. The fourth-order valence-corrected chi connectivity index (χ4v) is 4.69. The van der Waals surface area contributed by atoms with Crippen LogP contribution in [0.5, 0.6) is 0 Å². The summed E-state index contributed by atoms with van der Waals surface area (Å²) < 4.78 is 28.8. The Bertz CT molecular complexity index is 904. The van der Waals surface area contributed by atoms with E-state index in [1.807, 2.05) is 6.07 Å². The van der Waals surface area contributed by atoms with Gasteiger partial charge in [0.05, 0.1) is 15.8 Å². The number of fused-ring (bicyclic) bond motifs is 1. The Morgan fingerprint density at radius 1 is 1.14 bits per heavy atom. The number of anilines is 1. The second kappa shape index (κ2) is 8.03. The number of para-hydroxylation sites is 2. The fraction of sp³-hybridized carbons (Fsp3) is 0.667. The second-order valence-corrected chi connectivity index (χ2v) is 11.7. The van der Waals surface area contributed by atoms with Crippen molar-refractivity contribution in [3.63, 3.8) is 0 Å². The highest BCUT2D eigenvalue weighted by Crippen LogP contribution is 2.29. The van der Waals surface area contributed by atoms with Gasteiger partial charge in [0, 0.05) is 18.6 Å². The quantitative estimate of drug-likeness (QED) is 0.750. The number of imidazole rings is 1. The summed E-state index contributed by atoms with van der Waals surface area (Å²) in [6.07, 6.45) is 4.10. The average molecular weight is 407 g/mol. The van der Waals surface area contributed by atoms with Gasteiger partial charge in [-0.15, -0.1) is 0 Å². The average Bonchev–Trinajstić information content (AvgIpc) is 2.98. The standard InChI is InChI=1S/C21H34N4O2S/c1-15(2)25-19-9-7-6-8-18(19)24-20(25)23-17-12-10-16(11-13-17)14-22-28(26,27)21(3,4)5/h6-9,15-17,22H,10-14H2,1-5H3,(H,23,24). The van der Waals surface area contributed by atoms with Crippen molar-refractivity contribution < 1.29 is 8.42 Å². The van der Waals surface area contributed by atoms with Gasteiger partial charge in [-0.1, -0.05) is 12.1 Å². The van der Waals surface area contributed by atoms with E-state index in [4.69, 9.17) is 4.98 Å². The molecule has 1 aliphatic rings. The Hall–Kier alpha value is -1.60. The van der Waals surface area contributed by atoms with E-state index in [0.29, 0.717) is 24.5 Å². The highest BCUT2D eigenvalue weighted by atomic mass is 32.2. The van der Waals surface area contributed by atoms with E-state index in [-0.39, 0.29) is 0 Å². The molecule has 28 heavy (non-hydrogen) atoms. The predicted octanol–water partition coefficient (Wildman–Crippen LogP) is 4.31. The summed E-state index contributed by atoms with van der Waals surface area (Å²) in [6.45, 7) is 10.1. The number of rotatable bonds is 6. The van der Waals surface area contributed by atoms with Crippen LogP contribution in [-0.4, -0.2) is 35.3 Å². The molecule has 0 saturated heterocycles. The van der Waals surface area contributed by atoms with Gasteiger partial charge in [-0.05, 0) is 78.4 Å². The lowest BCUT2D eigenvalue weighted by Crippen LogP contribution is -2.42. The van der Waals surface area contributed by atoms with E-state index in [2.05, 4.69) is 46.7 Å². The van der Waals surface area contributed by atoms with Crippen molar-refractivity contribution in [3.8, 4) is 0 Å². The fourth-order valence-electron chi connectivity index (χ4n) is 3.81. The third-order valence-electron chi connectivity index (χ3n) is 5.66. The minimum atomic E-state index is -3.27. The van der Waals surface area contributed by atoms with Crippen molar-refractivity contribution in [1.29, 1.82) is 0 Å². The van der Waals surface area contributed by atoms with E-state index in [9.17, 15) is 8.42 Å². The molecule has 1 saturated carbocycles. The third-order valence-corrected chi connectivity index (χ3v) is 7.82. The number of nitrogens with one attached hydrogen (secondary N) is 2. The maximum absolute atomic E-state index is 12.3. The first-order valence-corrected chi connectivity index (χ1v) is 11.8. The highest BCUT2D eigenvalue weighted by Gasteiger charge is 2.30. The molecule has 7 heteroatoms. The topological polar surface area (TPSA) is 76.0 Å². The lowest BCUT2D eigenvalue weighted by atomic mass is 9.86. The number of nitrogens with zero attached hydrogens (tertiary/aromatic N) is 2. The first kappa shape index (κ1) is 21.1. The molecule has 2 aromatic rings. The summed E-state index contributed by atoms with van der Waals surface area (Å²) in [4.78, 5) is 4.80. The zero-order valence-electron chi connectivity index (χ0n) is 17.7. The van der Waals surface area contributed by atoms with Crippen LogP contribution in [0.15, 0.2) is 24.3 Å². The molecular weight excluding hydrogens is 372 g/mol. The largest absolute Gasteiger partial charge is 0.353 e. The molecular formula is C21H34N4O2S. The van der Waals surface area contributed by atoms with Gasteiger partial charge in [-0.3, -0.25) is 0 Å². The number of aromatic nitrogens is 2. The second-order valence-electron chi connectivity index (χ2n) is 9.21. The van der Waals surface area contributed by atoms with Crippen molar-refractivity contribution in [2.24, 2.45) is 5.92 Å². The van der Waals surface area contributed by atoms with Gasteiger partial charge in [-0.2, -0.15) is 0 Å². The van der Waals surface area contributed by atoms with E-state index in [0.717, 1.165) is 42.7 Å². The van der Waals surface area contributed by atoms with Gasteiger partial charge in [-0.25, -0.2) is 18.1 Å². The Balaban J connectivity index is 1.59. The van der Waals surface area contributed by atoms with Crippen LogP contribution in [0.4, 0.5) is 5.95 Å². The lowest BCUT2D eigenvalue weighted by Gasteiger charge is -2.30. The minimum absolute atomic E-state index is 0.332. The van der Waals surface area contributed by atoms with Gasteiger partial charge < -0.3 is 9.88 Å². The summed E-state index contributed by atoms with van der Waals surface area (Å²) >= 11 is 0. The maximum Gasteiger partial charge on any atom is 0.216 e. The van der Waals surface area contributed by atoms with E-state index in [1.54, 1.807) is 20.8 Å². The molecule has 0 unspecified atom stereocenters. The molecule has 0 spiro atoms. The number of hydrogen-bond donors (Lipinski definition) is 2. The molecule has 0 radical (unpaired) electrons. The summed E-state index contributed by atoms with van der Waals surface area (Å²) in [5.41, 5.74) is 2.18. The van der Waals surface area contributed by atoms with Crippen LogP contribution >= 0.6 is 0 Å². The SMILES string of the molecule is CC(C)n1c(NC2CCC(CNS(=O)(=O)C(C)(C)C)CC2)nc2ccccc21. The smallest absolute Gasteiger partial charge is 0.216 e. The summed E-state index contributed by atoms with van der Waals surface area (Å²) in [6, 6.07) is 8.95. The molecule has 1 aliphatic carbocycles. The Morgan fingerprint density at radius 2 is 1.79 bits per heavy atom. The maximum atomic E-state index is 12.3. The first-order valence-electron chi connectivity index (χ1n) is 10.3. The number of sulfonamides is 1. The molecule has 2 N–H and O–H groups in total. The summed E-state index contributed by atoms with van der Waals surface area (Å²) in [7, 11) is -3.27. The molecule has 3 rings (SSSR count). The molecule has 0 aliphatic heterocycles. The van der Waals surface area contributed by atoms with Crippen molar-refractivity contribution in [1.82, 2.24) is 14.3 Å². The molecule has 1 aromatic heterocycles. The summed E-state index contributed by atoms with van der Waals surface area (Å²) in [5, 5.41) is 3.65. The van der Waals surface area contributed by atoms with Crippen molar-refractivity contribution in [2.75, 3.05) is 11.9 Å². The first-order chi connectivity index (χ1) is 13.1. The van der Waals surface area contributed by atoms with Crippen LogP contribution in [0.3, 0.4) is 0 Å². The molecule has 0 bridgehead atoms. The monoisotopic (exact) mass is 406 g/mol. The molecule has 1 fully saturated rings. The van der Waals surface area contributed by atoms with E-state index < -0.39 is 14.8 Å². The van der Waals surface area contributed by atoms with Gasteiger partial charge in [0.15, 0.2) is 0 Å². The van der Waals surface area contributed by atoms with Crippen LogP contribution < -0.4 is 10.0 Å². The van der Waals surface area contributed by atoms with Crippen molar-refractivity contribution in [2.45, 2.75) is 77.1 Å². The third kappa shape index (κ3) is 4.51. The van der Waals surface area contributed by atoms with Crippen LogP contribution in [0.2, 0.25) is 0 Å². The predicted molar refractivity (Wildman–Crippen MR) is 116 cm³/mol. The van der Waals surface area contributed by atoms with Crippen LogP contribution in [-0.2, 0) is 10.0 Å². The number of hydrogen-bond acceptors (Lipinski definition) is 4. The van der Waals surface area contributed by atoms with Crippen LogP contribution in [0.25, 0.3) is 11.0 Å². The molecule has 156 valence electrons. The van der Waals surface area contributed by atoms with Gasteiger partial charge >= 0.3 is 0 Å². The Morgan fingerprint density at radius 3 is 2.39 bits per heavy atom.